The summed E-state index contributed by atoms with van der Waals surface area (Å²) in [5.41, 5.74) is 0. The second kappa shape index (κ2) is 3.98. The van der Waals surface area contributed by atoms with Crippen molar-refractivity contribution in [3.05, 3.63) is 0 Å². The molecule has 0 saturated carbocycles. The molecule has 0 aliphatic heterocycles. The molecule has 62 valence electrons. The summed E-state index contributed by atoms with van der Waals surface area (Å²) >= 11 is 16.0. The molecule has 0 aliphatic carbocycles. The highest BCUT2D eigenvalue weighted by Crippen LogP contribution is 2.28. The first-order valence-electron chi connectivity index (χ1n) is 2.85. The van der Waals surface area contributed by atoms with Gasteiger partial charge in [0.1, 0.15) is 0 Å². The first-order valence-corrected chi connectivity index (χ1v) is 3.98. The van der Waals surface area contributed by atoms with Crippen molar-refractivity contribution in [1.82, 2.24) is 5.32 Å². The van der Waals surface area contributed by atoms with Gasteiger partial charge in [-0.15, -0.1) is 0 Å². The topological polar surface area (TPSA) is 32.3 Å². The Balaban J connectivity index is 3.73. The molecule has 0 radical (unpaired) electrons. The molecule has 2 N–H and O–H groups in total. The van der Waals surface area contributed by atoms with Crippen molar-refractivity contribution in [1.29, 1.82) is 0 Å². The van der Waals surface area contributed by atoms with E-state index in [2.05, 4.69) is 5.32 Å². The second-order valence-corrected chi connectivity index (χ2v) is 4.63. The maximum absolute atomic E-state index is 9.05. The highest BCUT2D eigenvalue weighted by molar-refractivity contribution is 6.68. The van der Waals surface area contributed by atoms with E-state index in [0.717, 1.165) is 0 Å². The summed E-state index contributed by atoms with van der Waals surface area (Å²) in [5.74, 6) is 0. The van der Waals surface area contributed by atoms with Crippen LogP contribution in [0.15, 0.2) is 0 Å². The van der Waals surface area contributed by atoms with Gasteiger partial charge in [0.2, 0.25) is 3.79 Å². The van der Waals surface area contributed by atoms with Crippen molar-refractivity contribution in [3.8, 4) is 0 Å². The van der Waals surface area contributed by atoms with E-state index in [0.29, 0.717) is 0 Å². The number of nitrogens with one attached hydrogen (secondary N) is 1. The first-order chi connectivity index (χ1) is 4.34. The molecule has 0 aliphatic rings. The van der Waals surface area contributed by atoms with Crippen LogP contribution in [0.4, 0.5) is 0 Å². The van der Waals surface area contributed by atoms with Crippen molar-refractivity contribution < 1.29 is 5.11 Å². The molecule has 10 heavy (non-hydrogen) atoms. The van der Waals surface area contributed by atoms with Gasteiger partial charge in [-0.2, -0.15) is 0 Å². The summed E-state index contributed by atoms with van der Waals surface area (Å²) in [6.07, 6.45) is -1.11. The SMILES string of the molecule is CC(C)NC(O)C(Cl)(Cl)Cl. The molecule has 0 aromatic heterocycles. The molecule has 0 heterocycles. The van der Waals surface area contributed by atoms with Crippen molar-refractivity contribution in [2.24, 2.45) is 0 Å². The van der Waals surface area contributed by atoms with E-state index in [9.17, 15) is 0 Å². The van der Waals surface area contributed by atoms with E-state index < -0.39 is 10.0 Å². The zero-order chi connectivity index (χ0) is 8.36. The van der Waals surface area contributed by atoms with Crippen molar-refractivity contribution in [2.45, 2.75) is 29.9 Å². The standard InChI is InChI=1S/C5H10Cl3NO/c1-3(2)9-4(10)5(6,7)8/h3-4,9-10H,1-2H3. The lowest BCUT2D eigenvalue weighted by molar-refractivity contribution is 0.131. The molecule has 1 unspecified atom stereocenters. The fraction of sp³-hybridized carbons (Fsp3) is 1.00. The predicted octanol–water partition coefficient (Wildman–Crippen LogP) is 1.67. The number of hydrogen-bond acceptors (Lipinski definition) is 2. The third kappa shape index (κ3) is 4.58. The molecule has 2 nitrogen and oxygen atoms in total. The second-order valence-electron chi connectivity index (χ2n) is 2.27. The molecule has 0 aromatic rings. The van der Waals surface area contributed by atoms with E-state index in [1.807, 2.05) is 13.8 Å². The number of aliphatic hydroxyl groups excluding tert-OH is 1. The zero-order valence-electron chi connectivity index (χ0n) is 5.74. The highest BCUT2D eigenvalue weighted by Gasteiger charge is 2.30. The Morgan fingerprint density at radius 1 is 1.30 bits per heavy atom. The number of hydrogen-bond donors (Lipinski definition) is 2. The molecule has 0 fully saturated rings. The minimum atomic E-state index is -1.65. The van der Waals surface area contributed by atoms with E-state index >= 15 is 0 Å². The number of halogens is 3. The summed E-state index contributed by atoms with van der Waals surface area (Å²) in [6.45, 7) is 3.69. The predicted molar refractivity (Wildman–Crippen MR) is 44.6 cm³/mol. The molecule has 0 aromatic carbocycles. The Kier molecular flexibility index (Phi) is 4.29. The van der Waals surface area contributed by atoms with Gasteiger partial charge in [-0.25, -0.2) is 0 Å². The van der Waals surface area contributed by atoms with Gasteiger partial charge in [0.15, 0.2) is 6.23 Å². The lowest BCUT2D eigenvalue weighted by atomic mass is 10.4. The molecular weight excluding hydrogens is 196 g/mol. The van der Waals surface area contributed by atoms with Gasteiger partial charge in [0, 0.05) is 6.04 Å². The van der Waals surface area contributed by atoms with E-state index in [1.165, 1.54) is 0 Å². The fourth-order valence-electron chi connectivity index (χ4n) is 0.410. The monoisotopic (exact) mass is 205 g/mol. The van der Waals surface area contributed by atoms with Crippen molar-refractivity contribution >= 4 is 34.8 Å². The summed E-state index contributed by atoms with van der Waals surface area (Å²) in [7, 11) is 0. The molecular formula is C5H10Cl3NO. The van der Waals surface area contributed by atoms with E-state index in [-0.39, 0.29) is 6.04 Å². The van der Waals surface area contributed by atoms with E-state index in [4.69, 9.17) is 39.9 Å². The van der Waals surface area contributed by atoms with Crippen molar-refractivity contribution in [3.63, 3.8) is 0 Å². The molecule has 0 rings (SSSR count). The molecule has 0 spiro atoms. The van der Waals surface area contributed by atoms with Gasteiger partial charge in [0.25, 0.3) is 0 Å². The van der Waals surface area contributed by atoms with Gasteiger partial charge in [-0.05, 0) is 13.8 Å². The zero-order valence-corrected chi connectivity index (χ0v) is 8.00. The van der Waals surface area contributed by atoms with Crippen LogP contribution >= 0.6 is 34.8 Å². The van der Waals surface area contributed by atoms with Crippen LogP contribution in [0.1, 0.15) is 13.8 Å². The maximum Gasteiger partial charge on any atom is 0.229 e. The average Bonchev–Trinajstić information content (AvgIpc) is 1.60. The summed E-state index contributed by atoms with van der Waals surface area (Å²) in [4.78, 5) is 0. The third-order valence-corrected chi connectivity index (χ3v) is 1.42. The Hall–Kier alpha value is 0.790. The Morgan fingerprint density at radius 3 is 1.80 bits per heavy atom. The highest BCUT2D eigenvalue weighted by atomic mass is 35.6. The third-order valence-electron chi connectivity index (χ3n) is 0.801. The van der Waals surface area contributed by atoms with Crippen LogP contribution < -0.4 is 5.32 Å². The molecule has 0 saturated heterocycles. The molecule has 0 amide bonds. The molecule has 0 bridgehead atoms. The Labute approximate surface area is 75.5 Å². The van der Waals surface area contributed by atoms with Crippen LogP contribution in [-0.2, 0) is 0 Å². The number of aliphatic hydroxyl groups is 1. The van der Waals surface area contributed by atoms with Gasteiger partial charge >= 0.3 is 0 Å². The number of alkyl halides is 3. The average molecular weight is 206 g/mol. The lowest BCUT2D eigenvalue weighted by Crippen LogP contribution is -2.43. The fourth-order valence-corrected chi connectivity index (χ4v) is 0.599. The Morgan fingerprint density at radius 2 is 1.70 bits per heavy atom. The Bertz CT molecular complexity index is 102. The van der Waals surface area contributed by atoms with Crippen LogP contribution in [0.5, 0.6) is 0 Å². The normalized spacial score (nSPS) is 15.9. The molecule has 5 heteroatoms. The van der Waals surface area contributed by atoms with Crippen LogP contribution in [0.25, 0.3) is 0 Å². The van der Waals surface area contributed by atoms with Gasteiger partial charge in [-0.3, -0.25) is 5.32 Å². The van der Waals surface area contributed by atoms with Crippen LogP contribution in [-0.4, -0.2) is 21.2 Å². The largest absolute Gasteiger partial charge is 0.374 e. The summed E-state index contributed by atoms with van der Waals surface area (Å²) < 4.78 is -1.65. The van der Waals surface area contributed by atoms with Gasteiger partial charge < -0.3 is 5.11 Å². The minimum absolute atomic E-state index is 0.0885. The summed E-state index contributed by atoms with van der Waals surface area (Å²) in [6, 6.07) is 0.0885. The number of rotatable bonds is 2. The van der Waals surface area contributed by atoms with Gasteiger partial charge in [0.05, 0.1) is 0 Å². The summed E-state index contributed by atoms with van der Waals surface area (Å²) in [5, 5.41) is 11.7. The molecule has 1 atom stereocenters. The van der Waals surface area contributed by atoms with Crippen LogP contribution in [0.2, 0.25) is 0 Å². The quantitative estimate of drug-likeness (QED) is 0.532. The smallest absolute Gasteiger partial charge is 0.229 e. The van der Waals surface area contributed by atoms with Crippen LogP contribution in [0.3, 0.4) is 0 Å². The van der Waals surface area contributed by atoms with E-state index in [1.54, 1.807) is 0 Å². The lowest BCUT2D eigenvalue weighted by Gasteiger charge is -2.21. The van der Waals surface area contributed by atoms with Crippen LogP contribution in [0, 0.1) is 0 Å². The van der Waals surface area contributed by atoms with Gasteiger partial charge in [-0.1, -0.05) is 34.8 Å². The first kappa shape index (κ1) is 10.8. The van der Waals surface area contributed by atoms with Crippen molar-refractivity contribution in [2.75, 3.05) is 0 Å². The maximum atomic E-state index is 9.05. The minimum Gasteiger partial charge on any atom is -0.374 e.